The Morgan fingerprint density at radius 3 is 2.53 bits per heavy atom. The van der Waals surface area contributed by atoms with Crippen LogP contribution >= 0.6 is 11.8 Å². The molecule has 0 unspecified atom stereocenters. The van der Waals surface area contributed by atoms with E-state index in [4.69, 9.17) is 5.84 Å². The van der Waals surface area contributed by atoms with Gasteiger partial charge >= 0.3 is 0 Å². The van der Waals surface area contributed by atoms with Gasteiger partial charge in [0.25, 0.3) is 0 Å². The number of aromatic nitrogens is 3. The van der Waals surface area contributed by atoms with Gasteiger partial charge in [-0.1, -0.05) is 17.8 Å². The molecule has 0 amide bonds. The summed E-state index contributed by atoms with van der Waals surface area (Å²) in [6.45, 7) is 6.05. The van der Waals surface area contributed by atoms with Gasteiger partial charge in [0, 0.05) is 28.9 Å². The average molecular weight is 275 g/mol. The summed E-state index contributed by atoms with van der Waals surface area (Å²) in [6.07, 6.45) is 1.71. The highest BCUT2D eigenvalue weighted by atomic mass is 32.2. The summed E-state index contributed by atoms with van der Waals surface area (Å²) in [5.41, 5.74) is 6.84. The SMILES string of the molecule is Cc1nc(SCc2cccnc2NN)nc(C)c1C. The summed E-state index contributed by atoms with van der Waals surface area (Å²) in [6, 6.07) is 3.88. The van der Waals surface area contributed by atoms with Gasteiger partial charge in [-0.3, -0.25) is 0 Å². The van der Waals surface area contributed by atoms with Crippen LogP contribution in [0.1, 0.15) is 22.5 Å². The Morgan fingerprint density at radius 1 is 1.21 bits per heavy atom. The fraction of sp³-hybridized carbons (Fsp3) is 0.308. The summed E-state index contributed by atoms with van der Waals surface area (Å²) in [4.78, 5) is 13.1. The van der Waals surface area contributed by atoms with Gasteiger partial charge in [-0.2, -0.15) is 0 Å². The van der Waals surface area contributed by atoms with E-state index >= 15 is 0 Å². The van der Waals surface area contributed by atoms with Crippen LogP contribution in [0.2, 0.25) is 0 Å². The number of thioether (sulfide) groups is 1. The summed E-state index contributed by atoms with van der Waals surface area (Å²) >= 11 is 1.58. The summed E-state index contributed by atoms with van der Waals surface area (Å²) in [5.74, 6) is 6.86. The average Bonchev–Trinajstić information content (AvgIpc) is 2.42. The second kappa shape index (κ2) is 5.99. The van der Waals surface area contributed by atoms with Gasteiger partial charge in [-0.25, -0.2) is 20.8 Å². The van der Waals surface area contributed by atoms with Gasteiger partial charge in [0.2, 0.25) is 0 Å². The molecule has 3 N–H and O–H groups in total. The third kappa shape index (κ3) is 3.21. The minimum Gasteiger partial charge on any atom is -0.308 e. The number of nitrogen functional groups attached to an aromatic ring is 1. The number of hydrogen-bond donors (Lipinski definition) is 2. The second-order valence-electron chi connectivity index (χ2n) is 4.25. The maximum Gasteiger partial charge on any atom is 0.188 e. The van der Waals surface area contributed by atoms with Crippen LogP contribution in [0.25, 0.3) is 0 Å². The molecule has 0 fully saturated rings. The zero-order valence-corrected chi connectivity index (χ0v) is 12.1. The lowest BCUT2D eigenvalue weighted by Crippen LogP contribution is -2.10. The molecule has 0 bridgehead atoms. The molecule has 0 aromatic carbocycles. The minimum absolute atomic E-state index is 0.690. The van der Waals surface area contributed by atoms with E-state index in [-0.39, 0.29) is 0 Å². The number of anilines is 1. The van der Waals surface area contributed by atoms with Crippen molar-refractivity contribution in [3.05, 3.63) is 40.8 Å². The molecule has 0 aliphatic carbocycles. The topological polar surface area (TPSA) is 76.7 Å². The molecule has 19 heavy (non-hydrogen) atoms. The Kier molecular flexibility index (Phi) is 4.34. The third-order valence-corrected chi connectivity index (χ3v) is 3.89. The molecule has 2 rings (SSSR count). The molecule has 2 heterocycles. The summed E-state index contributed by atoms with van der Waals surface area (Å²) in [7, 11) is 0. The zero-order chi connectivity index (χ0) is 13.8. The molecule has 0 saturated carbocycles. The monoisotopic (exact) mass is 275 g/mol. The van der Waals surface area contributed by atoms with Gasteiger partial charge in [-0.15, -0.1) is 0 Å². The zero-order valence-electron chi connectivity index (χ0n) is 11.3. The first kappa shape index (κ1) is 13.8. The van der Waals surface area contributed by atoms with Crippen molar-refractivity contribution in [3.8, 4) is 0 Å². The van der Waals surface area contributed by atoms with E-state index in [9.17, 15) is 0 Å². The molecule has 0 spiro atoms. The van der Waals surface area contributed by atoms with Gasteiger partial charge in [0.05, 0.1) is 0 Å². The van der Waals surface area contributed by atoms with Crippen molar-refractivity contribution in [2.75, 3.05) is 5.43 Å². The first-order chi connectivity index (χ1) is 9.11. The van der Waals surface area contributed by atoms with Gasteiger partial charge < -0.3 is 5.43 Å². The van der Waals surface area contributed by atoms with E-state index in [0.29, 0.717) is 5.82 Å². The summed E-state index contributed by atoms with van der Waals surface area (Å²) < 4.78 is 0. The van der Waals surface area contributed by atoms with Crippen LogP contribution in [-0.4, -0.2) is 15.0 Å². The predicted octanol–water partition coefficient (Wildman–Crippen LogP) is 2.37. The fourth-order valence-corrected chi connectivity index (χ4v) is 2.55. The maximum absolute atomic E-state index is 5.43. The van der Waals surface area contributed by atoms with Gasteiger partial charge in [-0.05, 0) is 32.4 Å². The fourth-order valence-electron chi connectivity index (χ4n) is 1.63. The lowest BCUT2D eigenvalue weighted by Gasteiger charge is -2.08. The maximum atomic E-state index is 5.43. The standard InChI is InChI=1S/C13H17N5S/c1-8-9(2)16-13(17-10(8)3)19-7-11-5-4-6-15-12(11)18-14/h4-6H,7,14H2,1-3H3,(H,15,18). The van der Waals surface area contributed by atoms with Crippen LogP contribution in [0.3, 0.4) is 0 Å². The molecule has 0 atom stereocenters. The Hall–Kier alpha value is -1.66. The molecular weight excluding hydrogens is 258 g/mol. The highest BCUT2D eigenvalue weighted by Gasteiger charge is 2.07. The second-order valence-corrected chi connectivity index (χ2v) is 5.19. The van der Waals surface area contributed by atoms with Crippen molar-refractivity contribution in [2.45, 2.75) is 31.7 Å². The number of nitrogens with one attached hydrogen (secondary N) is 1. The van der Waals surface area contributed by atoms with E-state index in [1.807, 2.05) is 32.9 Å². The van der Waals surface area contributed by atoms with E-state index < -0.39 is 0 Å². The third-order valence-electron chi connectivity index (χ3n) is 3.00. The van der Waals surface area contributed by atoms with Crippen molar-refractivity contribution >= 4 is 17.6 Å². The number of hydrogen-bond acceptors (Lipinski definition) is 6. The number of hydrazine groups is 1. The molecule has 100 valence electrons. The molecule has 0 aliphatic rings. The van der Waals surface area contributed by atoms with Crippen molar-refractivity contribution in [3.63, 3.8) is 0 Å². The number of aryl methyl sites for hydroxylation is 2. The number of rotatable bonds is 4. The summed E-state index contributed by atoms with van der Waals surface area (Å²) in [5, 5.41) is 0.785. The highest BCUT2D eigenvalue weighted by Crippen LogP contribution is 2.24. The van der Waals surface area contributed by atoms with Crippen LogP contribution in [0, 0.1) is 20.8 Å². The van der Waals surface area contributed by atoms with Crippen molar-refractivity contribution in [1.29, 1.82) is 0 Å². The van der Waals surface area contributed by atoms with E-state index in [1.165, 1.54) is 0 Å². The lowest BCUT2D eigenvalue weighted by molar-refractivity contribution is 0.880. The Labute approximate surface area is 117 Å². The van der Waals surface area contributed by atoms with Gasteiger partial charge in [0.1, 0.15) is 5.82 Å². The van der Waals surface area contributed by atoms with Crippen LogP contribution in [0.4, 0.5) is 5.82 Å². The van der Waals surface area contributed by atoms with E-state index in [2.05, 4.69) is 20.4 Å². The minimum atomic E-state index is 0.690. The van der Waals surface area contributed by atoms with E-state index in [0.717, 1.165) is 33.4 Å². The number of nitrogens with zero attached hydrogens (tertiary/aromatic N) is 3. The highest BCUT2D eigenvalue weighted by molar-refractivity contribution is 7.98. The Bertz CT molecular complexity index is 562. The predicted molar refractivity (Wildman–Crippen MR) is 77.9 cm³/mol. The molecule has 0 saturated heterocycles. The van der Waals surface area contributed by atoms with Crippen molar-refractivity contribution in [1.82, 2.24) is 15.0 Å². The van der Waals surface area contributed by atoms with Crippen LogP contribution in [0.5, 0.6) is 0 Å². The molecule has 5 nitrogen and oxygen atoms in total. The van der Waals surface area contributed by atoms with Crippen LogP contribution < -0.4 is 11.3 Å². The smallest absolute Gasteiger partial charge is 0.188 e. The molecule has 0 radical (unpaired) electrons. The van der Waals surface area contributed by atoms with E-state index in [1.54, 1.807) is 18.0 Å². The molecule has 0 aliphatic heterocycles. The first-order valence-electron chi connectivity index (χ1n) is 5.97. The molecular formula is C13H17N5S. The normalized spacial score (nSPS) is 10.5. The van der Waals surface area contributed by atoms with Crippen LogP contribution in [0.15, 0.2) is 23.5 Å². The van der Waals surface area contributed by atoms with Crippen molar-refractivity contribution in [2.24, 2.45) is 5.84 Å². The Morgan fingerprint density at radius 2 is 1.89 bits per heavy atom. The van der Waals surface area contributed by atoms with Gasteiger partial charge in [0.15, 0.2) is 5.16 Å². The lowest BCUT2D eigenvalue weighted by atomic mass is 10.2. The van der Waals surface area contributed by atoms with Crippen molar-refractivity contribution < 1.29 is 0 Å². The largest absolute Gasteiger partial charge is 0.308 e. The molecule has 2 aromatic rings. The quantitative estimate of drug-likeness (QED) is 0.386. The number of nitrogens with two attached hydrogens (primary N) is 1. The Balaban J connectivity index is 2.15. The first-order valence-corrected chi connectivity index (χ1v) is 6.95. The molecule has 2 aromatic heterocycles. The molecule has 6 heteroatoms. The number of pyridine rings is 1. The van der Waals surface area contributed by atoms with Crippen LogP contribution in [-0.2, 0) is 5.75 Å².